The summed E-state index contributed by atoms with van der Waals surface area (Å²) in [6.07, 6.45) is 3.72. The molecular formula is C18H19NO. The van der Waals surface area contributed by atoms with Crippen LogP contribution < -0.4 is 5.32 Å². The number of hydrogen-bond acceptors (Lipinski definition) is 2. The summed E-state index contributed by atoms with van der Waals surface area (Å²) in [6, 6.07) is 19.5. The second-order valence-corrected chi connectivity index (χ2v) is 5.07. The molecule has 0 aliphatic rings. The third-order valence-electron chi connectivity index (χ3n) is 3.78. The van der Waals surface area contributed by atoms with Gasteiger partial charge in [0.15, 0.2) is 0 Å². The SMILES string of the molecule is CNC(CCc1ccco1)c1ccc2ccccc2c1. The number of rotatable bonds is 5. The van der Waals surface area contributed by atoms with E-state index in [-0.39, 0.29) is 0 Å². The Bertz CT molecular complexity index is 673. The van der Waals surface area contributed by atoms with E-state index in [4.69, 9.17) is 4.42 Å². The van der Waals surface area contributed by atoms with Crippen LogP contribution in [0.25, 0.3) is 10.8 Å². The molecule has 3 aromatic rings. The first-order valence-corrected chi connectivity index (χ1v) is 7.05. The van der Waals surface area contributed by atoms with Gasteiger partial charge in [-0.2, -0.15) is 0 Å². The summed E-state index contributed by atoms with van der Waals surface area (Å²) < 4.78 is 5.41. The lowest BCUT2D eigenvalue weighted by Crippen LogP contribution is -2.17. The van der Waals surface area contributed by atoms with Crippen LogP contribution in [0.1, 0.15) is 23.8 Å². The second-order valence-electron chi connectivity index (χ2n) is 5.07. The lowest BCUT2D eigenvalue weighted by molar-refractivity contribution is 0.469. The molecule has 0 fully saturated rings. The van der Waals surface area contributed by atoms with Gasteiger partial charge in [0, 0.05) is 12.5 Å². The normalized spacial score (nSPS) is 12.7. The van der Waals surface area contributed by atoms with Crippen LogP contribution in [0.3, 0.4) is 0 Å². The Morgan fingerprint density at radius 3 is 2.60 bits per heavy atom. The van der Waals surface area contributed by atoms with Crippen LogP contribution in [0.2, 0.25) is 0 Å². The van der Waals surface area contributed by atoms with Gasteiger partial charge in [-0.15, -0.1) is 0 Å². The fraction of sp³-hybridized carbons (Fsp3) is 0.222. The van der Waals surface area contributed by atoms with Gasteiger partial charge in [0.05, 0.1) is 6.26 Å². The lowest BCUT2D eigenvalue weighted by Gasteiger charge is -2.16. The Kier molecular flexibility index (Phi) is 3.84. The molecule has 1 atom stereocenters. The van der Waals surface area contributed by atoms with Crippen molar-refractivity contribution in [1.82, 2.24) is 5.32 Å². The summed E-state index contributed by atoms with van der Waals surface area (Å²) >= 11 is 0. The fourth-order valence-electron chi connectivity index (χ4n) is 2.64. The number of aryl methyl sites for hydroxylation is 1. The van der Waals surface area contributed by atoms with E-state index in [1.807, 2.05) is 19.2 Å². The molecule has 1 heterocycles. The van der Waals surface area contributed by atoms with Crippen molar-refractivity contribution in [1.29, 1.82) is 0 Å². The van der Waals surface area contributed by atoms with Crippen LogP contribution in [-0.4, -0.2) is 7.05 Å². The summed E-state index contributed by atoms with van der Waals surface area (Å²) in [5.41, 5.74) is 1.33. The molecule has 1 N–H and O–H groups in total. The van der Waals surface area contributed by atoms with Gasteiger partial charge >= 0.3 is 0 Å². The van der Waals surface area contributed by atoms with Crippen molar-refractivity contribution in [3.05, 3.63) is 72.2 Å². The van der Waals surface area contributed by atoms with E-state index >= 15 is 0 Å². The Hall–Kier alpha value is -2.06. The van der Waals surface area contributed by atoms with E-state index in [2.05, 4.69) is 47.8 Å². The standard InChI is InChI=1S/C18H19NO/c1-19-18(11-10-17-7-4-12-20-17)16-9-8-14-5-2-3-6-15(14)13-16/h2-9,12-13,18-19H,10-11H2,1H3. The molecule has 2 heteroatoms. The highest BCUT2D eigenvalue weighted by Gasteiger charge is 2.10. The predicted octanol–water partition coefficient (Wildman–Crippen LogP) is 4.33. The van der Waals surface area contributed by atoms with Crippen LogP contribution in [0.15, 0.2) is 65.3 Å². The van der Waals surface area contributed by atoms with Crippen molar-refractivity contribution in [3.63, 3.8) is 0 Å². The van der Waals surface area contributed by atoms with Crippen LogP contribution in [0.4, 0.5) is 0 Å². The quantitative estimate of drug-likeness (QED) is 0.743. The molecule has 102 valence electrons. The van der Waals surface area contributed by atoms with Gasteiger partial charge in [0.1, 0.15) is 5.76 Å². The van der Waals surface area contributed by atoms with E-state index in [1.165, 1.54) is 16.3 Å². The van der Waals surface area contributed by atoms with Gasteiger partial charge < -0.3 is 9.73 Å². The zero-order valence-corrected chi connectivity index (χ0v) is 11.7. The van der Waals surface area contributed by atoms with Gasteiger partial charge in [0.25, 0.3) is 0 Å². The van der Waals surface area contributed by atoms with Crippen molar-refractivity contribution in [3.8, 4) is 0 Å². The lowest BCUT2D eigenvalue weighted by atomic mass is 9.98. The van der Waals surface area contributed by atoms with Crippen LogP contribution in [0.5, 0.6) is 0 Å². The molecule has 0 aliphatic heterocycles. The molecule has 2 nitrogen and oxygen atoms in total. The molecule has 0 amide bonds. The van der Waals surface area contributed by atoms with Gasteiger partial charge in [-0.1, -0.05) is 36.4 Å². The maximum Gasteiger partial charge on any atom is 0.103 e. The summed E-state index contributed by atoms with van der Waals surface area (Å²) in [7, 11) is 2.02. The maximum atomic E-state index is 5.41. The molecule has 0 aliphatic carbocycles. The molecule has 3 rings (SSSR count). The smallest absolute Gasteiger partial charge is 0.103 e. The molecule has 1 unspecified atom stereocenters. The minimum atomic E-state index is 0.352. The molecule has 0 spiro atoms. The van der Waals surface area contributed by atoms with E-state index in [1.54, 1.807) is 6.26 Å². The molecule has 0 saturated carbocycles. The van der Waals surface area contributed by atoms with Crippen LogP contribution >= 0.6 is 0 Å². The zero-order chi connectivity index (χ0) is 13.8. The average molecular weight is 265 g/mol. The van der Waals surface area contributed by atoms with Crippen molar-refractivity contribution in [2.45, 2.75) is 18.9 Å². The fourth-order valence-corrected chi connectivity index (χ4v) is 2.64. The predicted molar refractivity (Wildman–Crippen MR) is 82.8 cm³/mol. The minimum absolute atomic E-state index is 0.352. The minimum Gasteiger partial charge on any atom is -0.469 e. The van der Waals surface area contributed by atoms with E-state index in [0.717, 1.165) is 18.6 Å². The first kappa shape index (κ1) is 12.9. The number of benzene rings is 2. The first-order valence-electron chi connectivity index (χ1n) is 7.05. The first-order chi connectivity index (χ1) is 9.86. The van der Waals surface area contributed by atoms with E-state index < -0.39 is 0 Å². The summed E-state index contributed by atoms with van der Waals surface area (Å²) in [4.78, 5) is 0. The summed E-state index contributed by atoms with van der Waals surface area (Å²) in [5.74, 6) is 1.05. The van der Waals surface area contributed by atoms with Crippen molar-refractivity contribution >= 4 is 10.8 Å². The molecule has 0 bridgehead atoms. The third-order valence-corrected chi connectivity index (χ3v) is 3.78. The van der Waals surface area contributed by atoms with Crippen molar-refractivity contribution in [2.24, 2.45) is 0 Å². The summed E-state index contributed by atoms with van der Waals surface area (Å²) in [5, 5.41) is 5.99. The van der Waals surface area contributed by atoms with Crippen LogP contribution in [0, 0.1) is 0 Å². The topological polar surface area (TPSA) is 25.2 Å². The molecule has 2 aromatic carbocycles. The second kappa shape index (κ2) is 5.93. The van der Waals surface area contributed by atoms with Gasteiger partial charge in [-0.25, -0.2) is 0 Å². The average Bonchev–Trinajstić information content (AvgIpc) is 3.01. The molecule has 20 heavy (non-hydrogen) atoms. The molecule has 0 saturated heterocycles. The highest BCUT2D eigenvalue weighted by molar-refractivity contribution is 5.83. The molecular weight excluding hydrogens is 246 g/mol. The Morgan fingerprint density at radius 2 is 1.85 bits per heavy atom. The Morgan fingerprint density at radius 1 is 1.00 bits per heavy atom. The zero-order valence-electron chi connectivity index (χ0n) is 11.7. The highest BCUT2D eigenvalue weighted by Crippen LogP contribution is 2.23. The van der Waals surface area contributed by atoms with Gasteiger partial charge in [0.2, 0.25) is 0 Å². The van der Waals surface area contributed by atoms with E-state index in [9.17, 15) is 0 Å². The van der Waals surface area contributed by atoms with Crippen molar-refractivity contribution < 1.29 is 4.42 Å². The monoisotopic (exact) mass is 265 g/mol. The number of fused-ring (bicyclic) bond motifs is 1. The number of furan rings is 1. The number of hydrogen-bond donors (Lipinski definition) is 1. The largest absolute Gasteiger partial charge is 0.469 e. The molecule has 0 radical (unpaired) electrons. The van der Waals surface area contributed by atoms with Gasteiger partial charge in [-0.05, 0) is 48.0 Å². The third kappa shape index (κ3) is 2.75. The highest BCUT2D eigenvalue weighted by atomic mass is 16.3. The van der Waals surface area contributed by atoms with Crippen molar-refractivity contribution in [2.75, 3.05) is 7.05 Å². The number of nitrogens with one attached hydrogen (secondary N) is 1. The Labute approximate surface area is 119 Å². The van der Waals surface area contributed by atoms with Crippen LogP contribution in [-0.2, 0) is 6.42 Å². The molecule has 1 aromatic heterocycles. The summed E-state index contributed by atoms with van der Waals surface area (Å²) in [6.45, 7) is 0. The Balaban J connectivity index is 1.79. The maximum absolute atomic E-state index is 5.41. The van der Waals surface area contributed by atoms with E-state index in [0.29, 0.717) is 6.04 Å². The van der Waals surface area contributed by atoms with Gasteiger partial charge in [-0.3, -0.25) is 0 Å².